The molecule has 2 N–H and O–H groups in total. The summed E-state index contributed by atoms with van der Waals surface area (Å²) in [4.78, 5) is 34.2. The van der Waals surface area contributed by atoms with Gasteiger partial charge in [0, 0.05) is 4.88 Å². The Balaban J connectivity index is 1.62. The number of H-pyrrole nitrogens is 1. The van der Waals surface area contributed by atoms with E-state index in [1.807, 2.05) is 0 Å². The lowest BCUT2D eigenvalue weighted by Crippen LogP contribution is -2.18. The van der Waals surface area contributed by atoms with Gasteiger partial charge in [-0.25, -0.2) is 9.78 Å². The molecular weight excluding hydrogens is 364 g/mol. The molecule has 0 spiro atoms. The highest BCUT2D eigenvalue weighted by Gasteiger charge is 2.24. The number of carbonyl (C=O) groups excluding carboxylic acids is 1. The van der Waals surface area contributed by atoms with Gasteiger partial charge < -0.3 is 14.8 Å². The molecule has 0 bridgehead atoms. The van der Waals surface area contributed by atoms with Crippen LogP contribution in [0.2, 0.25) is 0 Å². The molecule has 0 aliphatic heterocycles. The number of aryl methyl sites for hydroxylation is 1. The van der Waals surface area contributed by atoms with Gasteiger partial charge in [0.15, 0.2) is 11.9 Å². The first-order chi connectivity index (χ1) is 12.9. The molecule has 7 heteroatoms. The Morgan fingerprint density at radius 3 is 2.85 bits per heavy atom. The third-order valence-electron chi connectivity index (χ3n) is 4.96. The van der Waals surface area contributed by atoms with Gasteiger partial charge in [-0.3, -0.25) is 4.79 Å². The van der Waals surface area contributed by atoms with Crippen LogP contribution in [-0.4, -0.2) is 21.0 Å². The highest BCUT2D eigenvalue weighted by Crippen LogP contribution is 2.36. The summed E-state index contributed by atoms with van der Waals surface area (Å²) in [6.07, 6.45) is 2.28. The number of phenols is 1. The molecule has 2 heterocycles. The first-order valence-electron chi connectivity index (χ1n) is 8.97. The fourth-order valence-corrected chi connectivity index (χ4v) is 4.83. The van der Waals surface area contributed by atoms with E-state index in [1.165, 1.54) is 29.1 Å². The van der Waals surface area contributed by atoms with Crippen molar-refractivity contribution >= 4 is 27.5 Å². The SMILES string of the molecule is C[C@@H]1CCc2c(sc3nc([C@H](C)OC(=O)c4ccc(O)cc4)[nH]c(=O)c23)C1. The lowest BCUT2D eigenvalue weighted by molar-refractivity contribution is 0.0320. The normalized spacial score (nSPS) is 17.5. The van der Waals surface area contributed by atoms with Crippen molar-refractivity contribution in [3.05, 3.63) is 56.4 Å². The smallest absolute Gasteiger partial charge is 0.338 e. The number of phenolic OH excluding ortho intramolecular Hbond substituents is 1. The van der Waals surface area contributed by atoms with Gasteiger partial charge in [-0.1, -0.05) is 6.92 Å². The number of ether oxygens (including phenoxy) is 1. The molecule has 1 aliphatic carbocycles. The fraction of sp³-hybridized carbons (Fsp3) is 0.350. The van der Waals surface area contributed by atoms with Crippen molar-refractivity contribution in [1.82, 2.24) is 9.97 Å². The highest BCUT2D eigenvalue weighted by atomic mass is 32.1. The number of aromatic hydroxyl groups is 1. The molecule has 0 saturated carbocycles. The summed E-state index contributed by atoms with van der Waals surface area (Å²) in [6, 6.07) is 5.81. The van der Waals surface area contributed by atoms with Crippen LogP contribution in [0.5, 0.6) is 5.75 Å². The van der Waals surface area contributed by atoms with Crippen molar-refractivity contribution in [2.24, 2.45) is 5.92 Å². The number of carbonyl (C=O) groups is 1. The first-order valence-corrected chi connectivity index (χ1v) is 9.78. The van der Waals surface area contributed by atoms with Crippen LogP contribution in [0.3, 0.4) is 0 Å². The minimum Gasteiger partial charge on any atom is -0.508 e. The zero-order valence-corrected chi connectivity index (χ0v) is 15.9. The Bertz CT molecular complexity index is 1070. The highest BCUT2D eigenvalue weighted by molar-refractivity contribution is 7.18. The number of hydrogen-bond acceptors (Lipinski definition) is 6. The van der Waals surface area contributed by atoms with E-state index in [1.54, 1.807) is 18.3 Å². The average molecular weight is 384 g/mol. The second-order valence-electron chi connectivity index (χ2n) is 7.08. The zero-order chi connectivity index (χ0) is 19.1. The number of fused-ring (bicyclic) bond motifs is 3. The van der Waals surface area contributed by atoms with Crippen LogP contribution in [0.25, 0.3) is 10.2 Å². The molecule has 0 radical (unpaired) electrons. The number of nitrogens with one attached hydrogen (secondary N) is 1. The minimum atomic E-state index is -0.693. The van der Waals surface area contributed by atoms with Crippen molar-refractivity contribution < 1.29 is 14.6 Å². The molecule has 2 aromatic heterocycles. The van der Waals surface area contributed by atoms with Crippen molar-refractivity contribution in [3.63, 3.8) is 0 Å². The van der Waals surface area contributed by atoms with E-state index in [0.29, 0.717) is 27.5 Å². The summed E-state index contributed by atoms with van der Waals surface area (Å²) in [7, 11) is 0. The zero-order valence-electron chi connectivity index (χ0n) is 15.1. The van der Waals surface area contributed by atoms with E-state index >= 15 is 0 Å². The Morgan fingerprint density at radius 2 is 2.11 bits per heavy atom. The monoisotopic (exact) mass is 384 g/mol. The number of rotatable bonds is 3. The summed E-state index contributed by atoms with van der Waals surface area (Å²) in [5, 5.41) is 10.00. The van der Waals surface area contributed by atoms with Crippen LogP contribution < -0.4 is 5.56 Å². The number of nitrogens with zero attached hydrogens (tertiary/aromatic N) is 1. The van der Waals surface area contributed by atoms with Crippen LogP contribution in [0.4, 0.5) is 0 Å². The van der Waals surface area contributed by atoms with Gasteiger partial charge >= 0.3 is 5.97 Å². The Kier molecular flexibility index (Phi) is 4.47. The fourth-order valence-electron chi connectivity index (χ4n) is 3.44. The van der Waals surface area contributed by atoms with E-state index in [2.05, 4.69) is 16.9 Å². The van der Waals surface area contributed by atoms with Gasteiger partial charge in [-0.2, -0.15) is 0 Å². The van der Waals surface area contributed by atoms with E-state index < -0.39 is 12.1 Å². The molecule has 3 aromatic rings. The predicted octanol–water partition coefficient (Wildman–Crippen LogP) is 3.73. The Labute approximate surface area is 159 Å². The van der Waals surface area contributed by atoms with Gasteiger partial charge in [0.2, 0.25) is 0 Å². The van der Waals surface area contributed by atoms with Crippen molar-refractivity contribution in [1.29, 1.82) is 0 Å². The molecule has 0 saturated heterocycles. The summed E-state index contributed by atoms with van der Waals surface area (Å²) >= 11 is 1.57. The van der Waals surface area contributed by atoms with Crippen LogP contribution >= 0.6 is 11.3 Å². The Morgan fingerprint density at radius 1 is 1.37 bits per heavy atom. The van der Waals surface area contributed by atoms with Crippen molar-refractivity contribution in [3.8, 4) is 5.75 Å². The van der Waals surface area contributed by atoms with Gasteiger partial charge in [-0.05, 0) is 61.9 Å². The van der Waals surface area contributed by atoms with E-state index in [4.69, 9.17) is 4.74 Å². The third-order valence-corrected chi connectivity index (χ3v) is 6.10. The van der Waals surface area contributed by atoms with Crippen molar-refractivity contribution in [2.75, 3.05) is 0 Å². The van der Waals surface area contributed by atoms with Gasteiger partial charge in [0.25, 0.3) is 5.56 Å². The largest absolute Gasteiger partial charge is 0.508 e. The van der Waals surface area contributed by atoms with Crippen molar-refractivity contribution in [2.45, 2.75) is 39.2 Å². The lowest BCUT2D eigenvalue weighted by Gasteiger charge is -2.17. The van der Waals surface area contributed by atoms with Crippen LogP contribution in [0, 0.1) is 5.92 Å². The maximum absolute atomic E-state index is 12.7. The van der Waals surface area contributed by atoms with E-state index in [-0.39, 0.29) is 11.3 Å². The molecule has 4 rings (SSSR count). The molecule has 0 amide bonds. The maximum atomic E-state index is 12.7. The lowest BCUT2D eigenvalue weighted by atomic mass is 9.89. The molecule has 27 heavy (non-hydrogen) atoms. The molecule has 6 nitrogen and oxygen atoms in total. The molecule has 0 unspecified atom stereocenters. The first kappa shape index (κ1) is 17.7. The maximum Gasteiger partial charge on any atom is 0.338 e. The molecule has 1 aliphatic rings. The number of aromatic amines is 1. The van der Waals surface area contributed by atoms with Gasteiger partial charge in [-0.15, -0.1) is 11.3 Å². The quantitative estimate of drug-likeness (QED) is 0.671. The van der Waals surface area contributed by atoms with Crippen LogP contribution in [0.15, 0.2) is 29.1 Å². The molecular formula is C20H20N2O4S. The number of benzene rings is 1. The summed E-state index contributed by atoms with van der Waals surface area (Å²) < 4.78 is 5.44. The van der Waals surface area contributed by atoms with E-state index in [0.717, 1.165) is 24.8 Å². The minimum absolute atomic E-state index is 0.0760. The number of thiophene rings is 1. The molecule has 1 aromatic carbocycles. The number of hydrogen-bond donors (Lipinski definition) is 2. The Hall–Kier alpha value is -2.67. The topological polar surface area (TPSA) is 92.3 Å². The molecule has 0 fully saturated rings. The summed E-state index contributed by atoms with van der Waals surface area (Å²) in [5.41, 5.74) is 1.28. The predicted molar refractivity (Wildman–Crippen MR) is 103 cm³/mol. The third kappa shape index (κ3) is 3.35. The van der Waals surface area contributed by atoms with Gasteiger partial charge in [0.05, 0.1) is 10.9 Å². The summed E-state index contributed by atoms with van der Waals surface area (Å²) in [6.45, 7) is 3.90. The molecule has 140 valence electrons. The van der Waals surface area contributed by atoms with Gasteiger partial charge in [0.1, 0.15) is 10.6 Å². The standard InChI is InChI=1S/C20H20N2O4S/c1-10-3-8-14-15(9-10)27-19-16(14)18(24)21-17(22-19)11(2)26-20(25)12-4-6-13(23)7-5-12/h4-7,10-11,23H,3,8-9H2,1-2H3,(H,21,22,24)/t10-,11+/m1/s1. The number of aromatic nitrogens is 2. The number of esters is 1. The second kappa shape index (κ2) is 6.81. The van der Waals surface area contributed by atoms with Crippen LogP contribution in [-0.2, 0) is 17.6 Å². The average Bonchev–Trinajstić information content (AvgIpc) is 2.99. The second-order valence-corrected chi connectivity index (χ2v) is 8.16. The summed E-state index contributed by atoms with van der Waals surface area (Å²) in [5.74, 6) is 0.497. The van der Waals surface area contributed by atoms with Crippen LogP contribution in [0.1, 0.15) is 53.0 Å². The molecule has 2 atom stereocenters. The van der Waals surface area contributed by atoms with E-state index in [9.17, 15) is 14.7 Å².